The van der Waals surface area contributed by atoms with E-state index in [0.717, 1.165) is 32.5 Å². The van der Waals surface area contributed by atoms with Gasteiger partial charge in [-0.15, -0.1) is 12.4 Å². The molecule has 0 radical (unpaired) electrons. The van der Waals surface area contributed by atoms with E-state index in [1.807, 2.05) is 0 Å². The maximum Gasteiger partial charge on any atom is 0.225 e. The molecule has 2 saturated heterocycles. The number of hydrogen-bond donors (Lipinski definition) is 2. The van der Waals surface area contributed by atoms with Crippen LogP contribution in [0.15, 0.2) is 0 Å². The lowest BCUT2D eigenvalue weighted by Crippen LogP contribution is -2.55. The summed E-state index contributed by atoms with van der Waals surface area (Å²) in [4.78, 5) is 11.9. The number of carbonyl (C=O) groups is 1. The largest absolute Gasteiger partial charge is 0.378 e. The Morgan fingerprint density at radius 2 is 2.06 bits per heavy atom. The third kappa shape index (κ3) is 2.59. The molecule has 3 fully saturated rings. The third-order valence-corrected chi connectivity index (χ3v) is 4.26. The normalized spacial score (nSPS) is 36.6. The number of nitrogens with one attached hydrogen (secondary N) is 2. The lowest BCUT2D eigenvalue weighted by atomic mass is 9.81. The van der Waals surface area contributed by atoms with Gasteiger partial charge in [-0.1, -0.05) is 0 Å². The fraction of sp³-hybridized carbons (Fsp3) is 0.917. The zero-order valence-corrected chi connectivity index (χ0v) is 10.8. The van der Waals surface area contributed by atoms with Crippen molar-refractivity contribution >= 4 is 18.3 Å². The van der Waals surface area contributed by atoms with Gasteiger partial charge in [0.25, 0.3) is 0 Å². The molecular formula is C12H21ClN2O2. The Kier molecular flexibility index (Phi) is 4.28. The van der Waals surface area contributed by atoms with E-state index in [2.05, 4.69) is 10.6 Å². The van der Waals surface area contributed by atoms with Crippen LogP contribution in [0.25, 0.3) is 0 Å². The molecule has 5 heteroatoms. The molecule has 1 amide bonds. The molecule has 4 nitrogen and oxygen atoms in total. The lowest BCUT2D eigenvalue weighted by Gasteiger charge is -2.35. The summed E-state index contributed by atoms with van der Waals surface area (Å²) in [5.41, 5.74) is 0. The predicted octanol–water partition coefficient (Wildman–Crippen LogP) is 0.701. The Bertz CT molecular complexity index is 284. The van der Waals surface area contributed by atoms with E-state index in [-0.39, 0.29) is 24.2 Å². The molecule has 3 atom stereocenters. The van der Waals surface area contributed by atoms with Gasteiger partial charge in [-0.25, -0.2) is 0 Å². The molecule has 2 N–H and O–H groups in total. The maximum atomic E-state index is 11.9. The van der Waals surface area contributed by atoms with E-state index in [1.165, 1.54) is 12.8 Å². The van der Waals surface area contributed by atoms with Gasteiger partial charge in [0.2, 0.25) is 5.91 Å². The van der Waals surface area contributed by atoms with Crippen molar-refractivity contribution < 1.29 is 9.53 Å². The van der Waals surface area contributed by atoms with Gasteiger partial charge in [-0.3, -0.25) is 4.79 Å². The van der Waals surface area contributed by atoms with Crippen LogP contribution in [0.2, 0.25) is 0 Å². The first-order valence-corrected chi connectivity index (χ1v) is 6.47. The predicted molar refractivity (Wildman–Crippen MR) is 67.2 cm³/mol. The number of fused-ring (bicyclic) bond motifs is 1. The first kappa shape index (κ1) is 13.1. The zero-order chi connectivity index (χ0) is 11.0. The Morgan fingerprint density at radius 1 is 1.24 bits per heavy atom. The highest BCUT2D eigenvalue weighted by Gasteiger charge is 2.39. The van der Waals surface area contributed by atoms with Crippen molar-refractivity contribution in [1.29, 1.82) is 0 Å². The van der Waals surface area contributed by atoms with Crippen molar-refractivity contribution in [2.24, 2.45) is 11.8 Å². The van der Waals surface area contributed by atoms with E-state index in [4.69, 9.17) is 4.74 Å². The van der Waals surface area contributed by atoms with Crippen molar-refractivity contribution in [3.05, 3.63) is 0 Å². The topological polar surface area (TPSA) is 50.4 Å². The van der Waals surface area contributed by atoms with Crippen LogP contribution in [0.3, 0.4) is 0 Å². The second kappa shape index (κ2) is 5.55. The van der Waals surface area contributed by atoms with Crippen molar-refractivity contribution in [2.45, 2.75) is 37.8 Å². The van der Waals surface area contributed by atoms with Gasteiger partial charge in [0.1, 0.15) is 0 Å². The maximum absolute atomic E-state index is 11.9. The monoisotopic (exact) mass is 260 g/mol. The molecule has 2 heterocycles. The summed E-state index contributed by atoms with van der Waals surface area (Å²) in [5, 5.41) is 6.37. The summed E-state index contributed by atoms with van der Waals surface area (Å²) in [6, 6.07) is 0.370. The fourth-order valence-corrected chi connectivity index (χ4v) is 3.13. The summed E-state index contributed by atoms with van der Waals surface area (Å²) in [6.45, 7) is 2.58. The van der Waals surface area contributed by atoms with E-state index in [0.29, 0.717) is 18.1 Å². The minimum absolute atomic E-state index is 0. The Morgan fingerprint density at radius 3 is 2.76 bits per heavy atom. The first-order chi connectivity index (χ1) is 7.84. The minimum atomic E-state index is 0. The minimum Gasteiger partial charge on any atom is -0.378 e. The molecule has 3 unspecified atom stereocenters. The molecule has 0 bridgehead atoms. The number of carbonyl (C=O) groups excluding carboxylic acids is 1. The highest BCUT2D eigenvalue weighted by Crippen LogP contribution is 2.34. The Hall–Kier alpha value is -0.320. The fourth-order valence-electron chi connectivity index (χ4n) is 3.13. The molecule has 3 rings (SSSR count). The third-order valence-electron chi connectivity index (χ3n) is 4.26. The highest BCUT2D eigenvalue weighted by molar-refractivity contribution is 5.85. The number of halogens is 1. The summed E-state index contributed by atoms with van der Waals surface area (Å²) in [5.74, 6) is 1.03. The van der Waals surface area contributed by atoms with E-state index in [9.17, 15) is 4.79 Å². The Balaban J connectivity index is 0.00000108. The summed E-state index contributed by atoms with van der Waals surface area (Å²) >= 11 is 0. The second-order valence-corrected chi connectivity index (χ2v) is 5.26. The molecule has 2 aliphatic heterocycles. The molecule has 0 spiro atoms. The van der Waals surface area contributed by atoms with Crippen LogP contribution >= 0.6 is 12.4 Å². The van der Waals surface area contributed by atoms with Crippen molar-refractivity contribution in [3.63, 3.8) is 0 Å². The lowest BCUT2D eigenvalue weighted by molar-refractivity contribution is -0.128. The van der Waals surface area contributed by atoms with Gasteiger partial charge in [0.05, 0.1) is 12.0 Å². The van der Waals surface area contributed by atoms with Crippen LogP contribution in [0.4, 0.5) is 0 Å². The quantitative estimate of drug-likeness (QED) is 0.769. The SMILES string of the molecule is Cl.O=C(NC1CCCC2OCCC12)C1CNC1. The summed E-state index contributed by atoms with van der Waals surface area (Å²) in [6.07, 6.45) is 5.05. The summed E-state index contributed by atoms with van der Waals surface area (Å²) in [7, 11) is 0. The van der Waals surface area contributed by atoms with Gasteiger partial charge < -0.3 is 15.4 Å². The van der Waals surface area contributed by atoms with E-state index in [1.54, 1.807) is 0 Å². The number of ether oxygens (including phenoxy) is 1. The molecule has 1 saturated carbocycles. The van der Waals surface area contributed by atoms with Crippen LogP contribution in [0, 0.1) is 11.8 Å². The van der Waals surface area contributed by atoms with Crippen LogP contribution < -0.4 is 10.6 Å². The average Bonchev–Trinajstić information content (AvgIpc) is 2.63. The molecule has 17 heavy (non-hydrogen) atoms. The number of rotatable bonds is 2. The van der Waals surface area contributed by atoms with Gasteiger partial charge in [-0.2, -0.15) is 0 Å². The van der Waals surface area contributed by atoms with Gasteiger partial charge in [-0.05, 0) is 25.7 Å². The Labute approximate surface area is 108 Å². The smallest absolute Gasteiger partial charge is 0.225 e. The van der Waals surface area contributed by atoms with Crippen LogP contribution in [-0.4, -0.2) is 37.7 Å². The zero-order valence-electron chi connectivity index (χ0n) is 9.98. The van der Waals surface area contributed by atoms with Crippen molar-refractivity contribution in [1.82, 2.24) is 10.6 Å². The van der Waals surface area contributed by atoms with Crippen LogP contribution in [0.1, 0.15) is 25.7 Å². The van der Waals surface area contributed by atoms with Crippen molar-refractivity contribution in [2.75, 3.05) is 19.7 Å². The highest BCUT2D eigenvalue weighted by atomic mass is 35.5. The molecule has 0 aromatic rings. The molecule has 0 aromatic heterocycles. The summed E-state index contributed by atoms with van der Waals surface area (Å²) < 4.78 is 5.71. The van der Waals surface area contributed by atoms with Gasteiger partial charge in [0, 0.05) is 31.7 Å². The number of amides is 1. The molecule has 98 valence electrons. The molecular weight excluding hydrogens is 240 g/mol. The van der Waals surface area contributed by atoms with Crippen LogP contribution in [0.5, 0.6) is 0 Å². The molecule has 1 aliphatic carbocycles. The molecule has 3 aliphatic rings. The first-order valence-electron chi connectivity index (χ1n) is 6.47. The second-order valence-electron chi connectivity index (χ2n) is 5.26. The number of hydrogen-bond acceptors (Lipinski definition) is 3. The average molecular weight is 261 g/mol. The standard InChI is InChI=1S/C12H20N2O2.ClH/c15-12(8-6-13-7-8)14-10-2-1-3-11-9(10)4-5-16-11;/h8-11,13H,1-7H2,(H,14,15);1H. The molecule has 0 aromatic carbocycles. The van der Waals surface area contributed by atoms with Crippen molar-refractivity contribution in [3.8, 4) is 0 Å². The van der Waals surface area contributed by atoms with E-state index >= 15 is 0 Å². The van der Waals surface area contributed by atoms with Gasteiger partial charge in [0.15, 0.2) is 0 Å². The van der Waals surface area contributed by atoms with E-state index < -0.39 is 0 Å². The van der Waals surface area contributed by atoms with Gasteiger partial charge >= 0.3 is 0 Å². The van der Waals surface area contributed by atoms with Crippen LogP contribution in [-0.2, 0) is 9.53 Å².